The third-order valence-electron chi connectivity index (χ3n) is 5.92. The van der Waals surface area contributed by atoms with E-state index in [4.69, 9.17) is 0 Å². The smallest absolute Gasteiger partial charge is 0.338 e. The summed E-state index contributed by atoms with van der Waals surface area (Å²) in [4.78, 5) is 32.7. The Hall–Kier alpha value is -3.10. The number of aromatic carboxylic acids is 1. The number of nitrogens with one attached hydrogen (secondary N) is 1. The number of carboxylic acids is 1. The number of hydrogen-bond acceptors (Lipinski definition) is 5. The molecule has 1 atom stereocenters. The fraction of sp³-hybridized carbons (Fsp3) is 0.375. The number of piperazine rings is 1. The first-order valence-corrected chi connectivity index (χ1v) is 10.9. The summed E-state index contributed by atoms with van der Waals surface area (Å²) in [5.74, 6) is -1.67. The number of fused-ring (bicyclic) bond motifs is 1. The number of rotatable bonds is 6. The fourth-order valence-electron chi connectivity index (χ4n) is 4.58. The van der Waals surface area contributed by atoms with E-state index in [1.54, 1.807) is 18.3 Å². The molecule has 0 saturated carbocycles. The highest BCUT2D eigenvalue weighted by Gasteiger charge is 2.33. The molecule has 4 rings (SSSR count). The van der Waals surface area contributed by atoms with Gasteiger partial charge >= 0.3 is 5.97 Å². The molecule has 1 saturated heterocycles. The molecule has 3 aromatic rings. The molecule has 8 heteroatoms. The molecule has 3 heterocycles. The van der Waals surface area contributed by atoms with E-state index >= 15 is 0 Å². The van der Waals surface area contributed by atoms with E-state index in [9.17, 15) is 19.1 Å². The van der Waals surface area contributed by atoms with Crippen LogP contribution in [0, 0.1) is 11.7 Å². The van der Waals surface area contributed by atoms with Crippen molar-refractivity contribution < 1.29 is 14.3 Å². The molecule has 7 nitrogen and oxygen atoms in total. The van der Waals surface area contributed by atoms with Gasteiger partial charge in [-0.2, -0.15) is 0 Å². The molecule has 1 fully saturated rings. The van der Waals surface area contributed by atoms with Crippen molar-refractivity contribution in [3.05, 3.63) is 70.2 Å². The zero-order valence-corrected chi connectivity index (χ0v) is 18.2. The summed E-state index contributed by atoms with van der Waals surface area (Å²) in [5, 5.41) is 13.5. The number of pyridine rings is 2. The number of aromatic nitrogens is 2. The van der Waals surface area contributed by atoms with E-state index in [1.807, 2.05) is 0 Å². The summed E-state index contributed by atoms with van der Waals surface area (Å²) >= 11 is 0. The Bertz CT molecular complexity index is 1190. The monoisotopic (exact) mass is 438 g/mol. The van der Waals surface area contributed by atoms with Crippen molar-refractivity contribution in [2.24, 2.45) is 5.92 Å². The van der Waals surface area contributed by atoms with E-state index in [1.165, 1.54) is 29.0 Å². The van der Waals surface area contributed by atoms with Gasteiger partial charge in [-0.05, 0) is 30.5 Å². The van der Waals surface area contributed by atoms with Crippen molar-refractivity contribution in [2.75, 3.05) is 26.2 Å². The van der Waals surface area contributed by atoms with Crippen molar-refractivity contribution >= 4 is 16.7 Å². The maximum atomic E-state index is 14.8. The lowest BCUT2D eigenvalue weighted by Crippen LogP contribution is -2.47. The van der Waals surface area contributed by atoms with Crippen LogP contribution in [0.15, 0.2) is 47.5 Å². The average molecular weight is 439 g/mol. The molecule has 0 bridgehead atoms. The number of carbonyl (C=O) groups is 1. The van der Waals surface area contributed by atoms with Crippen molar-refractivity contribution in [1.82, 2.24) is 19.8 Å². The minimum atomic E-state index is -1.18. The highest BCUT2D eigenvalue weighted by atomic mass is 19.1. The van der Waals surface area contributed by atoms with Crippen molar-refractivity contribution in [3.8, 4) is 5.69 Å². The summed E-state index contributed by atoms with van der Waals surface area (Å²) in [6, 6.07) is 7.20. The molecular formula is C24H27FN4O3. The van der Waals surface area contributed by atoms with E-state index < -0.39 is 17.3 Å². The highest BCUT2D eigenvalue weighted by Crippen LogP contribution is 2.35. The molecule has 0 amide bonds. The Morgan fingerprint density at radius 1 is 1.22 bits per heavy atom. The van der Waals surface area contributed by atoms with Crippen LogP contribution < -0.4 is 10.9 Å². The van der Waals surface area contributed by atoms with Gasteiger partial charge in [0.1, 0.15) is 5.82 Å². The Morgan fingerprint density at radius 3 is 2.59 bits per heavy atom. The van der Waals surface area contributed by atoms with Gasteiger partial charge in [0.25, 0.3) is 5.56 Å². The lowest BCUT2D eigenvalue weighted by Gasteiger charge is -2.38. The first-order chi connectivity index (χ1) is 15.4. The largest absolute Gasteiger partial charge is 0.478 e. The van der Waals surface area contributed by atoms with Crippen LogP contribution in [0.5, 0.6) is 0 Å². The Morgan fingerprint density at radius 2 is 1.97 bits per heavy atom. The molecule has 32 heavy (non-hydrogen) atoms. The van der Waals surface area contributed by atoms with Crippen LogP contribution in [0.4, 0.5) is 4.39 Å². The number of benzene rings is 1. The van der Waals surface area contributed by atoms with Crippen molar-refractivity contribution in [3.63, 3.8) is 0 Å². The van der Waals surface area contributed by atoms with Gasteiger partial charge in [0.05, 0.1) is 34.6 Å². The molecule has 1 aliphatic rings. The molecule has 0 spiro atoms. The van der Waals surface area contributed by atoms with E-state index in [2.05, 4.69) is 29.0 Å². The van der Waals surface area contributed by atoms with Gasteiger partial charge in [-0.25, -0.2) is 9.18 Å². The topological polar surface area (TPSA) is 87.5 Å². The first-order valence-electron chi connectivity index (χ1n) is 10.9. The van der Waals surface area contributed by atoms with Gasteiger partial charge in [0, 0.05) is 37.8 Å². The Balaban J connectivity index is 2.14. The maximum absolute atomic E-state index is 14.8. The van der Waals surface area contributed by atoms with E-state index in [0.29, 0.717) is 17.8 Å². The van der Waals surface area contributed by atoms with Crippen LogP contribution in [0.3, 0.4) is 0 Å². The molecule has 2 aromatic heterocycles. The zero-order chi connectivity index (χ0) is 22.8. The molecule has 168 valence electrons. The lowest BCUT2D eigenvalue weighted by atomic mass is 9.92. The van der Waals surface area contributed by atoms with Crippen LogP contribution in [0.25, 0.3) is 16.5 Å². The van der Waals surface area contributed by atoms with Crippen LogP contribution in [0.1, 0.15) is 42.4 Å². The summed E-state index contributed by atoms with van der Waals surface area (Å²) in [6.45, 7) is 7.14. The zero-order valence-electron chi connectivity index (χ0n) is 18.2. The SMILES string of the molecule is CC(C)CC(c1c(C(=O)O)c2cccc(F)c2c(=O)n1-c1cccnc1)N1CCNCC1. The Kier molecular flexibility index (Phi) is 6.34. The summed E-state index contributed by atoms with van der Waals surface area (Å²) < 4.78 is 16.2. The van der Waals surface area contributed by atoms with Crippen LogP contribution in [0.2, 0.25) is 0 Å². The minimum absolute atomic E-state index is 0.0351. The third-order valence-corrected chi connectivity index (χ3v) is 5.92. The van der Waals surface area contributed by atoms with Crippen LogP contribution in [-0.4, -0.2) is 51.7 Å². The molecule has 0 aliphatic carbocycles. The molecule has 1 aliphatic heterocycles. The average Bonchev–Trinajstić information content (AvgIpc) is 2.78. The van der Waals surface area contributed by atoms with Crippen molar-refractivity contribution in [2.45, 2.75) is 26.3 Å². The molecule has 1 aromatic carbocycles. The Labute approximate surface area is 185 Å². The lowest BCUT2D eigenvalue weighted by molar-refractivity contribution is 0.0690. The second-order valence-corrected chi connectivity index (χ2v) is 8.51. The predicted molar refractivity (Wildman–Crippen MR) is 121 cm³/mol. The summed E-state index contributed by atoms with van der Waals surface area (Å²) in [5.41, 5.74) is 0.190. The van der Waals surface area contributed by atoms with Crippen molar-refractivity contribution in [1.29, 1.82) is 0 Å². The normalized spacial score (nSPS) is 15.9. The maximum Gasteiger partial charge on any atom is 0.338 e. The number of hydrogen-bond donors (Lipinski definition) is 2. The molecule has 2 N–H and O–H groups in total. The van der Waals surface area contributed by atoms with Gasteiger partial charge in [-0.3, -0.25) is 19.2 Å². The number of halogens is 1. The quantitative estimate of drug-likeness (QED) is 0.615. The van der Waals surface area contributed by atoms with Gasteiger partial charge in [-0.15, -0.1) is 0 Å². The highest BCUT2D eigenvalue weighted by molar-refractivity contribution is 6.04. The number of carboxylic acid groups (broad SMARTS) is 1. The molecule has 0 radical (unpaired) electrons. The predicted octanol–water partition coefficient (Wildman–Crippen LogP) is 3.22. The first kappa shape index (κ1) is 22.1. The standard InChI is InChI=1S/C24H27FN4O3/c1-15(2)13-19(28-11-9-26-10-12-28)22-21(24(31)32)17-6-3-7-18(25)20(17)23(30)29(22)16-5-4-8-27-14-16/h3-8,14-15,19,26H,9-13H2,1-2H3,(H,31,32). The van der Waals surface area contributed by atoms with Crippen LogP contribution in [-0.2, 0) is 0 Å². The number of nitrogens with zero attached hydrogens (tertiary/aromatic N) is 3. The molecule has 1 unspecified atom stereocenters. The third kappa shape index (κ3) is 4.03. The second kappa shape index (κ2) is 9.18. The van der Waals surface area contributed by atoms with Gasteiger partial charge < -0.3 is 10.4 Å². The second-order valence-electron chi connectivity index (χ2n) is 8.51. The van der Waals surface area contributed by atoms with E-state index in [0.717, 1.165) is 26.2 Å². The molecular weight excluding hydrogens is 411 g/mol. The minimum Gasteiger partial charge on any atom is -0.478 e. The van der Waals surface area contributed by atoms with E-state index in [-0.39, 0.29) is 28.3 Å². The summed E-state index contributed by atoms with van der Waals surface area (Å²) in [7, 11) is 0. The van der Waals surface area contributed by atoms with Gasteiger partial charge in [-0.1, -0.05) is 26.0 Å². The van der Waals surface area contributed by atoms with Gasteiger partial charge in [0.2, 0.25) is 0 Å². The summed E-state index contributed by atoms with van der Waals surface area (Å²) in [6.07, 6.45) is 3.74. The van der Waals surface area contributed by atoms with Gasteiger partial charge in [0.15, 0.2) is 0 Å². The van der Waals surface area contributed by atoms with Crippen LogP contribution >= 0.6 is 0 Å². The fourth-order valence-corrected chi connectivity index (χ4v) is 4.58.